The molecule has 0 aliphatic carbocycles. The largest absolute Gasteiger partial charge is 0.293 e. The molecule has 5 heteroatoms. The van der Waals surface area contributed by atoms with Gasteiger partial charge in [-0.3, -0.25) is 4.90 Å². The smallest absolute Gasteiger partial charge is 0.127 e. The maximum atomic E-state index is 13.6. The standard InChI is InChI=1S/C14H16ClFN2S/c1-10(14-17-12(7-15)9-19-14)18(2)8-11-5-3-4-6-13(11)16/h3-6,9-10H,7-8H2,1-2H3. The van der Waals surface area contributed by atoms with E-state index in [1.807, 2.05) is 24.6 Å². The van der Waals surface area contributed by atoms with Crippen LogP contribution in [-0.4, -0.2) is 16.9 Å². The molecule has 0 saturated carbocycles. The highest BCUT2D eigenvalue weighted by Crippen LogP contribution is 2.25. The summed E-state index contributed by atoms with van der Waals surface area (Å²) in [5.74, 6) is 0.266. The molecule has 0 amide bonds. The Hall–Kier alpha value is -0.970. The van der Waals surface area contributed by atoms with Gasteiger partial charge in [0.1, 0.15) is 10.8 Å². The summed E-state index contributed by atoms with van der Waals surface area (Å²) in [7, 11) is 1.97. The molecule has 2 nitrogen and oxygen atoms in total. The average molecular weight is 299 g/mol. The van der Waals surface area contributed by atoms with E-state index in [1.54, 1.807) is 17.4 Å². The molecule has 1 aromatic heterocycles. The SMILES string of the molecule is CC(c1nc(CCl)cs1)N(C)Cc1ccccc1F. The van der Waals surface area contributed by atoms with Crippen molar-refractivity contribution in [2.75, 3.05) is 7.05 Å². The second-order valence-corrected chi connectivity index (χ2v) is 5.65. The number of alkyl halides is 1. The van der Waals surface area contributed by atoms with E-state index in [0.29, 0.717) is 18.0 Å². The van der Waals surface area contributed by atoms with Gasteiger partial charge in [0.05, 0.1) is 17.6 Å². The summed E-state index contributed by atoms with van der Waals surface area (Å²) in [4.78, 5) is 6.54. The van der Waals surface area contributed by atoms with Crippen molar-refractivity contribution in [3.05, 3.63) is 51.7 Å². The lowest BCUT2D eigenvalue weighted by Crippen LogP contribution is -2.22. The van der Waals surface area contributed by atoms with Crippen LogP contribution in [0.25, 0.3) is 0 Å². The molecule has 1 atom stereocenters. The molecule has 102 valence electrons. The Morgan fingerprint density at radius 1 is 1.42 bits per heavy atom. The molecule has 1 unspecified atom stereocenters. The highest BCUT2D eigenvalue weighted by molar-refractivity contribution is 7.09. The van der Waals surface area contributed by atoms with Crippen molar-refractivity contribution in [1.29, 1.82) is 0 Å². The van der Waals surface area contributed by atoms with Crippen molar-refractivity contribution in [2.24, 2.45) is 0 Å². The van der Waals surface area contributed by atoms with E-state index >= 15 is 0 Å². The predicted octanol–water partition coefficient (Wildman–Crippen LogP) is 4.21. The molecule has 0 spiro atoms. The first-order valence-electron chi connectivity index (χ1n) is 6.05. The van der Waals surface area contributed by atoms with Crippen molar-refractivity contribution < 1.29 is 4.39 Å². The van der Waals surface area contributed by atoms with Crippen LogP contribution in [0.1, 0.15) is 29.2 Å². The molecule has 0 aliphatic heterocycles. The van der Waals surface area contributed by atoms with Crippen LogP contribution in [0.3, 0.4) is 0 Å². The van der Waals surface area contributed by atoms with E-state index in [0.717, 1.165) is 10.7 Å². The number of halogens is 2. The second kappa shape index (κ2) is 6.46. The Morgan fingerprint density at radius 2 is 2.16 bits per heavy atom. The van der Waals surface area contributed by atoms with Crippen LogP contribution in [0, 0.1) is 5.82 Å². The van der Waals surface area contributed by atoms with Crippen LogP contribution in [0.2, 0.25) is 0 Å². The highest BCUT2D eigenvalue weighted by atomic mass is 35.5. The molecular formula is C14H16ClFN2S. The molecule has 0 radical (unpaired) electrons. The molecule has 0 saturated heterocycles. The molecule has 0 bridgehead atoms. The number of thiazole rings is 1. The molecule has 2 rings (SSSR count). The minimum atomic E-state index is -0.165. The van der Waals surface area contributed by atoms with Crippen LogP contribution in [0.4, 0.5) is 4.39 Å². The monoisotopic (exact) mass is 298 g/mol. The second-order valence-electron chi connectivity index (χ2n) is 4.49. The topological polar surface area (TPSA) is 16.1 Å². The van der Waals surface area contributed by atoms with Crippen LogP contribution in [0.15, 0.2) is 29.6 Å². The molecule has 0 fully saturated rings. The summed E-state index contributed by atoms with van der Waals surface area (Å²) in [5, 5.41) is 2.98. The lowest BCUT2D eigenvalue weighted by atomic mass is 10.2. The summed E-state index contributed by atoms with van der Waals surface area (Å²) in [6.45, 7) is 2.63. The van der Waals surface area contributed by atoms with Gasteiger partial charge < -0.3 is 0 Å². The molecule has 1 aromatic carbocycles. The average Bonchev–Trinajstić information content (AvgIpc) is 2.89. The molecule has 2 aromatic rings. The third-order valence-electron chi connectivity index (χ3n) is 3.10. The number of hydrogen-bond donors (Lipinski definition) is 0. The number of rotatable bonds is 5. The quantitative estimate of drug-likeness (QED) is 0.769. The Balaban J connectivity index is 2.07. The minimum Gasteiger partial charge on any atom is -0.293 e. The van der Waals surface area contributed by atoms with Gasteiger partial charge in [0.25, 0.3) is 0 Å². The molecule has 1 heterocycles. The Bertz CT molecular complexity index is 544. The zero-order chi connectivity index (χ0) is 13.8. The number of benzene rings is 1. The lowest BCUT2D eigenvalue weighted by Gasteiger charge is -2.23. The van der Waals surface area contributed by atoms with E-state index in [4.69, 9.17) is 11.6 Å². The van der Waals surface area contributed by atoms with Gasteiger partial charge in [-0.1, -0.05) is 18.2 Å². The fourth-order valence-corrected chi connectivity index (χ4v) is 2.96. The zero-order valence-corrected chi connectivity index (χ0v) is 12.5. The summed E-state index contributed by atoms with van der Waals surface area (Å²) in [6, 6.07) is 7.00. The lowest BCUT2D eigenvalue weighted by molar-refractivity contribution is 0.249. The first kappa shape index (κ1) is 14.4. The van der Waals surface area contributed by atoms with Crippen molar-refractivity contribution in [2.45, 2.75) is 25.4 Å². The Kier molecular flexibility index (Phi) is 4.91. The van der Waals surface area contributed by atoms with Gasteiger partial charge in [0, 0.05) is 17.5 Å². The zero-order valence-electron chi connectivity index (χ0n) is 10.9. The first-order valence-corrected chi connectivity index (χ1v) is 7.47. The predicted molar refractivity (Wildman–Crippen MR) is 78.0 cm³/mol. The van der Waals surface area contributed by atoms with E-state index in [-0.39, 0.29) is 11.9 Å². The molecule has 19 heavy (non-hydrogen) atoms. The molecular weight excluding hydrogens is 283 g/mol. The minimum absolute atomic E-state index is 0.140. The van der Waals surface area contributed by atoms with Gasteiger partial charge in [-0.15, -0.1) is 22.9 Å². The molecule has 0 aliphatic rings. The summed E-state index contributed by atoms with van der Waals surface area (Å²) in [5.41, 5.74) is 1.60. The third kappa shape index (κ3) is 3.53. The van der Waals surface area contributed by atoms with E-state index in [9.17, 15) is 4.39 Å². The summed E-state index contributed by atoms with van der Waals surface area (Å²) >= 11 is 7.35. The van der Waals surface area contributed by atoms with Gasteiger partial charge >= 0.3 is 0 Å². The Morgan fingerprint density at radius 3 is 2.79 bits per heavy atom. The van der Waals surface area contributed by atoms with E-state index < -0.39 is 0 Å². The van der Waals surface area contributed by atoms with Crippen molar-refractivity contribution in [3.63, 3.8) is 0 Å². The van der Waals surface area contributed by atoms with Crippen molar-refractivity contribution >= 4 is 22.9 Å². The van der Waals surface area contributed by atoms with Gasteiger partial charge in [0.15, 0.2) is 0 Å². The first-order chi connectivity index (χ1) is 9.11. The van der Waals surface area contributed by atoms with Crippen molar-refractivity contribution in [3.8, 4) is 0 Å². The van der Waals surface area contributed by atoms with E-state index in [2.05, 4.69) is 16.8 Å². The maximum Gasteiger partial charge on any atom is 0.127 e. The van der Waals surface area contributed by atoms with Crippen LogP contribution >= 0.6 is 22.9 Å². The van der Waals surface area contributed by atoms with Crippen LogP contribution in [0.5, 0.6) is 0 Å². The number of nitrogens with zero attached hydrogens (tertiary/aromatic N) is 2. The number of aromatic nitrogens is 1. The van der Waals surface area contributed by atoms with Crippen LogP contribution < -0.4 is 0 Å². The van der Waals surface area contributed by atoms with Gasteiger partial charge in [-0.25, -0.2) is 9.37 Å². The number of hydrogen-bond acceptors (Lipinski definition) is 3. The van der Waals surface area contributed by atoms with E-state index in [1.165, 1.54) is 6.07 Å². The van der Waals surface area contributed by atoms with Crippen LogP contribution in [-0.2, 0) is 12.4 Å². The van der Waals surface area contributed by atoms with Gasteiger partial charge in [-0.2, -0.15) is 0 Å². The molecule has 0 N–H and O–H groups in total. The fraction of sp³-hybridized carbons (Fsp3) is 0.357. The summed E-state index contributed by atoms with van der Waals surface area (Å²) in [6.07, 6.45) is 0. The fourth-order valence-electron chi connectivity index (χ4n) is 1.80. The normalized spacial score (nSPS) is 12.9. The highest BCUT2D eigenvalue weighted by Gasteiger charge is 2.16. The Labute approximate surface area is 121 Å². The van der Waals surface area contributed by atoms with Gasteiger partial charge in [0.2, 0.25) is 0 Å². The maximum absolute atomic E-state index is 13.6. The third-order valence-corrected chi connectivity index (χ3v) is 4.44. The van der Waals surface area contributed by atoms with Gasteiger partial charge in [-0.05, 0) is 20.0 Å². The van der Waals surface area contributed by atoms with Crippen molar-refractivity contribution in [1.82, 2.24) is 9.88 Å². The summed E-state index contributed by atoms with van der Waals surface area (Å²) < 4.78 is 13.6.